The lowest BCUT2D eigenvalue weighted by Crippen LogP contribution is -2.33. The van der Waals surface area contributed by atoms with E-state index in [9.17, 15) is 4.79 Å². The van der Waals surface area contributed by atoms with Gasteiger partial charge in [-0.1, -0.05) is 26.0 Å². The Hall–Kier alpha value is -2.08. The molecule has 1 rings (SSSR count). The first kappa shape index (κ1) is 20.0. The number of aliphatic imine (C=N–C) groups is 1. The molecular weight excluding hydrogens is 302 g/mol. The van der Waals surface area contributed by atoms with Crippen molar-refractivity contribution in [2.24, 2.45) is 16.6 Å². The first-order chi connectivity index (χ1) is 11.4. The minimum absolute atomic E-state index is 0.0642. The fourth-order valence-electron chi connectivity index (χ4n) is 2.03. The van der Waals surface area contributed by atoms with Gasteiger partial charge in [-0.3, -0.25) is 4.79 Å². The van der Waals surface area contributed by atoms with Crippen LogP contribution in [0.3, 0.4) is 0 Å². The highest BCUT2D eigenvalue weighted by Crippen LogP contribution is 2.06. The predicted octanol–water partition coefficient (Wildman–Crippen LogP) is 1.43. The summed E-state index contributed by atoms with van der Waals surface area (Å²) in [6.45, 7) is 7.06. The standard InChI is InChI=1S/C18H31N5O/c1-14(2)8-9-21-18(19)22-13-15-6-5-7-16(12-15)17(24)20-10-11-23(3)4/h5-7,12,14H,8-11,13H2,1-4H3,(H,20,24)(H3,19,21,22). The molecule has 134 valence electrons. The smallest absolute Gasteiger partial charge is 0.251 e. The van der Waals surface area contributed by atoms with Crippen LogP contribution in [-0.2, 0) is 6.54 Å². The molecule has 0 saturated carbocycles. The van der Waals surface area contributed by atoms with E-state index in [-0.39, 0.29) is 5.91 Å². The number of guanidine groups is 1. The van der Waals surface area contributed by atoms with Crippen molar-refractivity contribution in [3.63, 3.8) is 0 Å². The molecule has 1 amide bonds. The first-order valence-electron chi connectivity index (χ1n) is 8.44. The van der Waals surface area contributed by atoms with Gasteiger partial charge in [0.15, 0.2) is 5.96 Å². The minimum atomic E-state index is -0.0642. The molecule has 0 saturated heterocycles. The summed E-state index contributed by atoms with van der Waals surface area (Å²) in [5.41, 5.74) is 7.46. The zero-order chi connectivity index (χ0) is 17.9. The fraction of sp³-hybridized carbons (Fsp3) is 0.556. The van der Waals surface area contributed by atoms with Gasteiger partial charge in [-0.2, -0.15) is 0 Å². The maximum absolute atomic E-state index is 12.1. The molecule has 0 bridgehead atoms. The lowest BCUT2D eigenvalue weighted by molar-refractivity contribution is 0.0951. The van der Waals surface area contributed by atoms with Crippen LogP contribution < -0.4 is 16.4 Å². The van der Waals surface area contributed by atoms with Crippen molar-refractivity contribution in [2.45, 2.75) is 26.8 Å². The Kier molecular flexibility index (Phi) is 8.86. The number of hydrogen-bond donors (Lipinski definition) is 3. The van der Waals surface area contributed by atoms with Crippen LogP contribution in [0.1, 0.15) is 36.2 Å². The summed E-state index contributed by atoms with van der Waals surface area (Å²) < 4.78 is 0. The molecule has 6 nitrogen and oxygen atoms in total. The van der Waals surface area contributed by atoms with Crippen molar-refractivity contribution in [1.29, 1.82) is 0 Å². The Morgan fingerprint density at radius 3 is 2.67 bits per heavy atom. The maximum Gasteiger partial charge on any atom is 0.251 e. The first-order valence-corrected chi connectivity index (χ1v) is 8.44. The van der Waals surface area contributed by atoms with Crippen molar-refractivity contribution in [2.75, 3.05) is 33.7 Å². The van der Waals surface area contributed by atoms with E-state index in [1.54, 1.807) is 0 Å². The second kappa shape index (κ2) is 10.6. The van der Waals surface area contributed by atoms with Crippen molar-refractivity contribution >= 4 is 11.9 Å². The SMILES string of the molecule is CC(C)CCNC(N)=NCc1cccc(C(=O)NCCN(C)C)c1. The Labute approximate surface area is 145 Å². The molecule has 0 aliphatic carbocycles. The Bertz CT molecular complexity index is 540. The lowest BCUT2D eigenvalue weighted by Gasteiger charge is -2.11. The van der Waals surface area contributed by atoms with E-state index in [0.717, 1.165) is 25.1 Å². The van der Waals surface area contributed by atoms with Crippen LogP contribution in [0, 0.1) is 5.92 Å². The third-order valence-corrected chi connectivity index (χ3v) is 3.49. The Balaban J connectivity index is 2.51. The van der Waals surface area contributed by atoms with Gasteiger partial charge in [0.1, 0.15) is 0 Å². The summed E-state index contributed by atoms with van der Waals surface area (Å²) in [7, 11) is 3.95. The zero-order valence-corrected chi connectivity index (χ0v) is 15.3. The van der Waals surface area contributed by atoms with Gasteiger partial charge < -0.3 is 21.3 Å². The van der Waals surface area contributed by atoms with E-state index in [1.807, 2.05) is 43.3 Å². The number of nitrogens with zero attached hydrogens (tertiary/aromatic N) is 2. The second-order valence-electron chi connectivity index (χ2n) is 6.57. The van der Waals surface area contributed by atoms with Gasteiger partial charge in [-0.25, -0.2) is 4.99 Å². The van der Waals surface area contributed by atoms with Crippen LogP contribution in [0.5, 0.6) is 0 Å². The Morgan fingerprint density at radius 2 is 2.00 bits per heavy atom. The molecule has 0 atom stereocenters. The third-order valence-electron chi connectivity index (χ3n) is 3.49. The van der Waals surface area contributed by atoms with E-state index in [0.29, 0.717) is 30.5 Å². The summed E-state index contributed by atoms with van der Waals surface area (Å²) in [6, 6.07) is 7.48. The Morgan fingerprint density at radius 1 is 1.25 bits per heavy atom. The van der Waals surface area contributed by atoms with E-state index in [4.69, 9.17) is 5.73 Å². The number of hydrogen-bond acceptors (Lipinski definition) is 3. The van der Waals surface area contributed by atoms with Crippen LogP contribution in [-0.4, -0.2) is 50.5 Å². The summed E-state index contributed by atoms with van der Waals surface area (Å²) in [5.74, 6) is 1.01. The fourth-order valence-corrected chi connectivity index (χ4v) is 2.03. The highest BCUT2D eigenvalue weighted by molar-refractivity contribution is 5.94. The number of nitrogens with one attached hydrogen (secondary N) is 2. The number of likely N-dealkylation sites (N-methyl/N-ethyl adjacent to an activating group) is 1. The van der Waals surface area contributed by atoms with Gasteiger partial charge in [0, 0.05) is 25.2 Å². The number of rotatable bonds is 9. The largest absolute Gasteiger partial charge is 0.370 e. The van der Waals surface area contributed by atoms with Crippen LogP contribution in [0.2, 0.25) is 0 Å². The molecule has 0 aliphatic rings. The molecule has 4 N–H and O–H groups in total. The predicted molar refractivity (Wildman–Crippen MR) is 100 cm³/mol. The van der Waals surface area contributed by atoms with E-state index in [2.05, 4.69) is 29.5 Å². The van der Waals surface area contributed by atoms with Gasteiger partial charge in [0.25, 0.3) is 5.91 Å². The van der Waals surface area contributed by atoms with Gasteiger partial charge in [-0.15, -0.1) is 0 Å². The second-order valence-corrected chi connectivity index (χ2v) is 6.57. The monoisotopic (exact) mass is 333 g/mol. The molecule has 6 heteroatoms. The molecule has 0 fully saturated rings. The normalized spacial score (nSPS) is 11.8. The van der Waals surface area contributed by atoms with Crippen LogP contribution in [0.15, 0.2) is 29.3 Å². The number of carbonyl (C=O) groups excluding carboxylic acids is 1. The molecule has 0 spiro atoms. The minimum Gasteiger partial charge on any atom is -0.370 e. The average molecular weight is 333 g/mol. The van der Waals surface area contributed by atoms with Crippen molar-refractivity contribution in [3.05, 3.63) is 35.4 Å². The topological polar surface area (TPSA) is 82.7 Å². The molecule has 0 aromatic heterocycles. The molecule has 24 heavy (non-hydrogen) atoms. The van der Waals surface area contributed by atoms with E-state index >= 15 is 0 Å². The van der Waals surface area contributed by atoms with Crippen molar-refractivity contribution in [3.8, 4) is 0 Å². The summed E-state index contributed by atoms with van der Waals surface area (Å²) in [6.07, 6.45) is 1.05. The van der Waals surface area contributed by atoms with Gasteiger partial charge in [0.05, 0.1) is 6.54 Å². The van der Waals surface area contributed by atoms with E-state index in [1.165, 1.54) is 0 Å². The van der Waals surface area contributed by atoms with Crippen LogP contribution >= 0.6 is 0 Å². The maximum atomic E-state index is 12.1. The summed E-state index contributed by atoms with van der Waals surface area (Å²) >= 11 is 0. The van der Waals surface area contributed by atoms with Gasteiger partial charge >= 0.3 is 0 Å². The number of nitrogens with two attached hydrogens (primary N) is 1. The molecular formula is C18H31N5O. The molecule has 1 aromatic carbocycles. The summed E-state index contributed by atoms with van der Waals surface area (Å²) in [5, 5.41) is 6.01. The van der Waals surface area contributed by atoms with Crippen LogP contribution in [0.4, 0.5) is 0 Å². The average Bonchev–Trinajstić information content (AvgIpc) is 2.52. The van der Waals surface area contributed by atoms with Crippen molar-refractivity contribution in [1.82, 2.24) is 15.5 Å². The lowest BCUT2D eigenvalue weighted by atomic mass is 10.1. The van der Waals surface area contributed by atoms with Crippen LogP contribution in [0.25, 0.3) is 0 Å². The number of benzene rings is 1. The van der Waals surface area contributed by atoms with Crippen molar-refractivity contribution < 1.29 is 4.79 Å². The zero-order valence-electron chi connectivity index (χ0n) is 15.3. The highest BCUT2D eigenvalue weighted by Gasteiger charge is 2.05. The summed E-state index contributed by atoms with van der Waals surface area (Å²) in [4.78, 5) is 18.5. The third kappa shape index (κ3) is 8.53. The number of carbonyl (C=O) groups is 1. The molecule has 0 heterocycles. The molecule has 0 unspecified atom stereocenters. The molecule has 1 aromatic rings. The van der Waals surface area contributed by atoms with Gasteiger partial charge in [0.2, 0.25) is 0 Å². The molecule has 0 radical (unpaired) electrons. The quantitative estimate of drug-likeness (QED) is 0.471. The van der Waals surface area contributed by atoms with Gasteiger partial charge in [-0.05, 0) is 44.1 Å². The number of amides is 1. The molecule has 0 aliphatic heterocycles. The van der Waals surface area contributed by atoms with E-state index < -0.39 is 0 Å². The highest BCUT2D eigenvalue weighted by atomic mass is 16.1.